The Morgan fingerprint density at radius 2 is 1.63 bits per heavy atom. The number of unbranched alkanes of at least 4 members (excludes halogenated alkanes) is 2. The molecule has 7 rings (SSSR count). The molecule has 1 saturated carbocycles. The van der Waals surface area contributed by atoms with Crippen LogP contribution in [0.25, 0.3) is 6.08 Å². The first-order valence-corrected chi connectivity index (χ1v) is 21.9. The highest BCUT2D eigenvalue weighted by Crippen LogP contribution is 2.62. The molecule has 1 heterocycles. The summed E-state index contributed by atoms with van der Waals surface area (Å²) in [7, 11) is 1.69. The van der Waals surface area contributed by atoms with Crippen molar-refractivity contribution >= 4 is 29.1 Å². The Balaban J connectivity index is 1.39. The average Bonchev–Trinajstić information content (AvgIpc) is 3.31. The number of benzene rings is 4. The molecule has 2 aliphatic carbocycles. The number of rotatable bonds is 21. The molecule has 2 N–H and O–H groups in total. The third-order valence-corrected chi connectivity index (χ3v) is 12.5. The zero-order chi connectivity index (χ0) is 45.9. The molecule has 1 aliphatic heterocycles. The van der Waals surface area contributed by atoms with Crippen LogP contribution < -0.4 is 9.47 Å². The average molecular weight is 887 g/mol. The monoisotopic (exact) mass is 886 g/mol. The summed E-state index contributed by atoms with van der Waals surface area (Å²) in [5, 5.41) is 47.6. The molecule has 3 aliphatic rings. The van der Waals surface area contributed by atoms with Gasteiger partial charge in [0.05, 0.1) is 34.1 Å². The highest BCUT2D eigenvalue weighted by atomic mass is 16.7. The van der Waals surface area contributed by atoms with E-state index < -0.39 is 27.6 Å². The minimum absolute atomic E-state index is 0.0132. The molecule has 4 aromatic rings. The molecule has 65 heavy (non-hydrogen) atoms. The number of ether oxygens (including phenoxy) is 3. The molecule has 0 radical (unpaired) electrons. The molecule has 1 fully saturated rings. The van der Waals surface area contributed by atoms with Crippen molar-refractivity contribution < 1.29 is 43.9 Å². The maximum absolute atomic E-state index is 14.4. The predicted octanol–water partition coefficient (Wildman–Crippen LogP) is 9.30. The number of hydrogen-bond donors (Lipinski definition) is 2. The maximum Gasteiger partial charge on any atom is 0.273 e. The Labute approximate surface area is 377 Å². The first-order chi connectivity index (χ1) is 31.6. The van der Waals surface area contributed by atoms with Gasteiger partial charge in [0.25, 0.3) is 11.4 Å². The fraction of sp³-hybridized carbons (Fsp3) is 0.360. The number of non-ortho nitro benzene ring substituents is 2. The second kappa shape index (κ2) is 21.3. The Bertz CT molecular complexity index is 2420. The number of nitro groups is 2. The van der Waals surface area contributed by atoms with Crippen LogP contribution >= 0.6 is 0 Å². The topological polar surface area (TPSA) is 196 Å². The van der Waals surface area contributed by atoms with E-state index in [9.17, 15) is 35.2 Å². The van der Waals surface area contributed by atoms with Gasteiger partial charge in [-0.25, -0.2) is 0 Å². The predicted molar refractivity (Wildman–Crippen MR) is 244 cm³/mol. The number of likely N-dealkylation sites (N-methyl/N-ethyl adjacent to an activating group) is 1. The van der Waals surface area contributed by atoms with Gasteiger partial charge in [0.2, 0.25) is 11.7 Å². The van der Waals surface area contributed by atoms with E-state index >= 15 is 0 Å². The number of oxime groups is 1. The fourth-order valence-electron chi connectivity index (χ4n) is 9.49. The van der Waals surface area contributed by atoms with Gasteiger partial charge in [-0.2, -0.15) is 0 Å². The lowest BCUT2D eigenvalue weighted by Gasteiger charge is -2.59. The van der Waals surface area contributed by atoms with E-state index in [-0.39, 0.29) is 73.6 Å². The molecular formula is C50H54N4O11. The highest BCUT2D eigenvalue weighted by Gasteiger charge is 2.65. The van der Waals surface area contributed by atoms with Gasteiger partial charge in [-0.05, 0) is 96.7 Å². The molecule has 0 spiro atoms. The van der Waals surface area contributed by atoms with Crippen molar-refractivity contribution in [3.63, 3.8) is 0 Å². The minimum Gasteiger partial charge on any atom is -0.459 e. The summed E-state index contributed by atoms with van der Waals surface area (Å²) in [4.78, 5) is 44.1. The van der Waals surface area contributed by atoms with Crippen molar-refractivity contribution in [3.8, 4) is 17.2 Å². The smallest absolute Gasteiger partial charge is 0.273 e. The number of amides is 1. The van der Waals surface area contributed by atoms with Crippen molar-refractivity contribution in [2.75, 3.05) is 26.9 Å². The number of carbonyl (C=O) groups is 1. The van der Waals surface area contributed by atoms with Gasteiger partial charge in [0, 0.05) is 62.4 Å². The molecule has 6 atom stereocenters. The van der Waals surface area contributed by atoms with Crippen LogP contribution in [0.1, 0.15) is 67.6 Å². The summed E-state index contributed by atoms with van der Waals surface area (Å²) in [6.45, 7) is 4.33. The largest absolute Gasteiger partial charge is 0.459 e. The number of allylic oxidation sites excluding steroid dienone is 1. The van der Waals surface area contributed by atoms with Crippen LogP contribution in [0.15, 0.2) is 133 Å². The Kier molecular flexibility index (Phi) is 15.2. The standard InChI is InChI=1S/C50H54N4O11/c1-3-28-62-50-46(52(2)47(57)25-20-34-18-21-37(22-19-34)53(58)59)32-44(51-63-33-35-12-5-4-6-13-35)42-29-36(14-7-9-26-55)41(17-8-10-27-56)48(49(42)50)43-31-40(23-24-45(43)65-50)64-39-16-11-15-38(30-39)54(60)61/h3-6,11-13,15-16,18-25,29-31,36,41,46,48-49,55-56H,1,7-10,14,17,26-28,32-33H2,2H3. The summed E-state index contributed by atoms with van der Waals surface area (Å²) < 4.78 is 20.5. The molecule has 15 nitrogen and oxygen atoms in total. The summed E-state index contributed by atoms with van der Waals surface area (Å²) in [6, 6.07) is 26.2. The third kappa shape index (κ3) is 10.5. The summed E-state index contributed by atoms with van der Waals surface area (Å²) in [6.07, 6.45) is 11.2. The lowest BCUT2D eigenvalue weighted by molar-refractivity contribution is -0.385. The maximum atomic E-state index is 14.4. The molecule has 0 saturated heterocycles. The summed E-state index contributed by atoms with van der Waals surface area (Å²) in [5.74, 6) is -1.63. The number of hydrogen-bond acceptors (Lipinski definition) is 12. The van der Waals surface area contributed by atoms with Crippen LogP contribution in [0, 0.1) is 38.0 Å². The molecule has 15 heteroatoms. The van der Waals surface area contributed by atoms with Gasteiger partial charge in [-0.3, -0.25) is 25.0 Å². The highest BCUT2D eigenvalue weighted by molar-refractivity contribution is 6.03. The van der Waals surface area contributed by atoms with Crippen LogP contribution in [0.3, 0.4) is 0 Å². The van der Waals surface area contributed by atoms with Crippen LogP contribution in [-0.2, 0) is 21.0 Å². The van der Waals surface area contributed by atoms with Gasteiger partial charge in [0.1, 0.15) is 29.9 Å². The number of aliphatic hydroxyl groups excluding tert-OH is 2. The van der Waals surface area contributed by atoms with Crippen molar-refractivity contribution in [2.45, 2.75) is 69.3 Å². The lowest BCUT2D eigenvalue weighted by atomic mass is 9.55. The van der Waals surface area contributed by atoms with Crippen LogP contribution in [-0.4, -0.2) is 75.3 Å². The van der Waals surface area contributed by atoms with Gasteiger partial charge in [0.15, 0.2) is 0 Å². The third-order valence-electron chi connectivity index (χ3n) is 12.5. The van der Waals surface area contributed by atoms with Gasteiger partial charge in [-0.15, -0.1) is 6.58 Å². The zero-order valence-electron chi connectivity index (χ0n) is 36.3. The van der Waals surface area contributed by atoms with Gasteiger partial charge >= 0.3 is 0 Å². The van der Waals surface area contributed by atoms with Crippen molar-refractivity contribution in [1.29, 1.82) is 0 Å². The van der Waals surface area contributed by atoms with Crippen LogP contribution in [0.4, 0.5) is 11.4 Å². The number of carbonyl (C=O) groups excluding carboxylic acids is 1. The van der Waals surface area contributed by atoms with Crippen LogP contribution in [0.2, 0.25) is 0 Å². The Hall–Kier alpha value is -6.68. The molecule has 0 bridgehead atoms. The summed E-state index contributed by atoms with van der Waals surface area (Å²) >= 11 is 0. The quantitative estimate of drug-likeness (QED) is 0.0266. The van der Waals surface area contributed by atoms with Crippen molar-refractivity contribution in [3.05, 3.63) is 164 Å². The molecule has 1 amide bonds. The molecule has 6 unspecified atom stereocenters. The van der Waals surface area contributed by atoms with Crippen LogP contribution in [0.5, 0.6) is 17.2 Å². The summed E-state index contributed by atoms with van der Waals surface area (Å²) in [5.41, 5.74) is 3.63. The molecular weight excluding hydrogens is 833 g/mol. The van der Waals surface area contributed by atoms with E-state index in [0.29, 0.717) is 35.6 Å². The van der Waals surface area contributed by atoms with E-state index in [1.54, 1.807) is 60.5 Å². The minimum atomic E-state index is -1.50. The lowest BCUT2D eigenvalue weighted by Crippen LogP contribution is -2.69. The second-order valence-corrected chi connectivity index (χ2v) is 16.5. The first kappa shape index (κ1) is 46.3. The Morgan fingerprint density at radius 3 is 2.34 bits per heavy atom. The van der Waals surface area contributed by atoms with Crippen molar-refractivity contribution in [1.82, 2.24) is 4.90 Å². The second-order valence-electron chi connectivity index (χ2n) is 16.5. The van der Waals surface area contributed by atoms with E-state index in [0.717, 1.165) is 42.4 Å². The van der Waals surface area contributed by atoms with Gasteiger partial charge in [-0.1, -0.05) is 66.5 Å². The number of nitrogens with zero attached hydrogens (tertiary/aromatic N) is 4. The van der Waals surface area contributed by atoms with Crippen molar-refractivity contribution in [2.24, 2.45) is 22.9 Å². The number of aliphatic hydroxyl groups is 2. The van der Waals surface area contributed by atoms with E-state index in [4.69, 9.17) is 24.2 Å². The fourth-order valence-corrected chi connectivity index (χ4v) is 9.49. The van der Waals surface area contributed by atoms with E-state index in [2.05, 4.69) is 12.7 Å². The SMILES string of the molecule is C=CCOC12Oc3ccc(Oc4cccc([N+](=O)[O-])c4)cc3C3C(CCCCO)C(CCCCO)C=C(C(=NOCc4ccccc4)CC1N(C)C(=O)C=Cc1ccc([N+](=O)[O-])cc1)C32. The molecule has 340 valence electrons. The number of fused-ring (bicyclic) bond motifs is 2. The zero-order valence-corrected chi connectivity index (χ0v) is 36.3. The first-order valence-electron chi connectivity index (χ1n) is 21.9. The van der Waals surface area contributed by atoms with Gasteiger partial charge < -0.3 is 34.2 Å². The number of nitro benzene ring substituents is 2. The van der Waals surface area contributed by atoms with E-state index in [1.165, 1.54) is 30.3 Å². The molecule has 4 aromatic carbocycles. The normalized spacial score (nSPS) is 22.5. The molecule has 0 aromatic heterocycles. The van der Waals surface area contributed by atoms with E-state index in [1.807, 2.05) is 36.4 Å². The Morgan fingerprint density at radius 1 is 0.908 bits per heavy atom.